The first-order valence-corrected chi connectivity index (χ1v) is 5.36. The summed E-state index contributed by atoms with van der Waals surface area (Å²) in [5, 5.41) is 9.62. The molecule has 1 aromatic heterocycles. The molecule has 0 aliphatic carbocycles. The quantitative estimate of drug-likeness (QED) is 0.732. The Hall–Kier alpha value is -2.57. The Kier molecular flexibility index (Phi) is 3.13. The fourth-order valence-electron chi connectivity index (χ4n) is 1.43. The van der Waals surface area contributed by atoms with Gasteiger partial charge in [-0.05, 0) is 24.3 Å². The number of rotatable bonds is 3. The Morgan fingerprint density at radius 2 is 2.00 bits per heavy atom. The molecule has 1 amide bonds. The van der Waals surface area contributed by atoms with Gasteiger partial charge in [0.2, 0.25) is 11.9 Å². The SMILES string of the molecule is CNC(=O)c1ccc(Nc2nc(N)n(C)n2)cc1. The molecule has 0 aliphatic heterocycles. The molecule has 0 atom stereocenters. The van der Waals surface area contributed by atoms with Gasteiger partial charge in [0.15, 0.2) is 0 Å². The maximum Gasteiger partial charge on any atom is 0.251 e. The maximum absolute atomic E-state index is 11.4. The number of aromatic nitrogens is 3. The topological polar surface area (TPSA) is 97.9 Å². The fraction of sp³-hybridized carbons (Fsp3) is 0.182. The molecule has 0 aliphatic rings. The molecule has 1 heterocycles. The van der Waals surface area contributed by atoms with Crippen molar-refractivity contribution in [1.82, 2.24) is 20.1 Å². The van der Waals surface area contributed by atoms with E-state index in [0.717, 1.165) is 5.69 Å². The van der Waals surface area contributed by atoms with Crippen LogP contribution in [0.5, 0.6) is 0 Å². The average molecular weight is 246 g/mol. The van der Waals surface area contributed by atoms with Gasteiger partial charge in [-0.2, -0.15) is 4.98 Å². The Balaban J connectivity index is 2.13. The van der Waals surface area contributed by atoms with Gasteiger partial charge in [-0.25, -0.2) is 4.68 Å². The Bertz CT molecular complexity index is 540. The van der Waals surface area contributed by atoms with Gasteiger partial charge in [-0.15, -0.1) is 5.10 Å². The molecule has 1 aromatic carbocycles. The van der Waals surface area contributed by atoms with E-state index in [1.54, 1.807) is 38.4 Å². The van der Waals surface area contributed by atoms with Crippen LogP contribution in [-0.4, -0.2) is 27.7 Å². The van der Waals surface area contributed by atoms with E-state index in [1.807, 2.05) is 0 Å². The molecule has 7 nitrogen and oxygen atoms in total. The molecule has 2 aromatic rings. The number of nitrogen functional groups attached to an aromatic ring is 1. The molecule has 0 radical (unpaired) electrons. The third-order valence-corrected chi connectivity index (χ3v) is 2.43. The molecule has 18 heavy (non-hydrogen) atoms. The lowest BCUT2D eigenvalue weighted by atomic mass is 10.2. The highest BCUT2D eigenvalue weighted by Gasteiger charge is 2.05. The van der Waals surface area contributed by atoms with Crippen LogP contribution in [0, 0.1) is 0 Å². The summed E-state index contributed by atoms with van der Waals surface area (Å²) in [5.74, 6) is 0.629. The van der Waals surface area contributed by atoms with E-state index in [2.05, 4.69) is 20.7 Å². The van der Waals surface area contributed by atoms with Crippen molar-refractivity contribution in [2.45, 2.75) is 0 Å². The highest BCUT2D eigenvalue weighted by Crippen LogP contribution is 2.14. The summed E-state index contributed by atoms with van der Waals surface area (Å²) in [6, 6.07) is 6.98. The minimum absolute atomic E-state index is 0.123. The van der Waals surface area contributed by atoms with E-state index in [-0.39, 0.29) is 5.91 Å². The third-order valence-electron chi connectivity index (χ3n) is 2.43. The summed E-state index contributed by atoms with van der Waals surface area (Å²) in [4.78, 5) is 15.4. The molecule has 7 heteroatoms. The number of aryl methyl sites for hydroxylation is 1. The first kappa shape index (κ1) is 11.9. The molecular weight excluding hydrogens is 232 g/mol. The largest absolute Gasteiger partial charge is 0.368 e. The van der Waals surface area contributed by atoms with Crippen LogP contribution in [0.4, 0.5) is 17.6 Å². The van der Waals surface area contributed by atoms with Crippen molar-refractivity contribution in [3.8, 4) is 0 Å². The van der Waals surface area contributed by atoms with Crippen LogP contribution < -0.4 is 16.4 Å². The van der Waals surface area contributed by atoms with Gasteiger partial charge >= 0.3 is 0 Å². The summed E-state index contributed by atoms with van der Waals surface area (Å²) in [6.07, 6.45) is 0. The Labute approximate surface area is 104 Å². The van der Waals surface area contributed by atoms with Crippen molar-refractivity contribution in [1.29, 1.82) is 0 Å². The molecule has 0 saturated carbocycles. The lowest BCUT2D eigenvalue weighted by Crippen LogP contribution is -2.17. The van der Waals surface area contributed by atoms with Gasteiger partial charge in [0.25, 0.3) is 5.91 Å². The van der Waals surface area contributed by atoms with Gasteiger partial charge in [-0.1, -0.05) is 0 Å². The monoisotopic (exact) mass is 246 g/mol. The second-order valence-electron chi connectivity index (χ2n) is 3.70. The van der Waals surface area contributed by atoms with E-state index < -0.39 is 0 Å². The molecular formula is C11H14N6O. The molecule has 0 bridgehead atoms. The Morgan fingerprint density at radius 3 is 2.50 bits per heavy atom. The van der Waals surface area contributed by atoms with Crippen LogP contribution in [0.25, 0.3) is 0 Å². The van der Waals surface area contributed by atoms with Crippen LogP contribution in [0.3, 0.4) is 0 Å². The van der Waals surface area contributed by atoms with Crippen LogP contribution in [0.15, 0.2) is 24.3 Å². The molecule has 94 valence electrons. The molecule has 2 rings (SSSR count). The van der Waals surface area contributed by atoms with E-state index in [9.17, 15) is 4.79 Å². The molecule has 0 spiro atoms. The molecule has 0 fully saturated rings. The number of benzene rings is 1. The van der Waals surface area contributed by atoms with Gasteiger partial charge in [0.1, 0.15) is 0 Å². The number of nitrogens with one attached hydrogen (secondary N) is 2. The first-order chi connectivity index (χ1) is 8.60. The van der Waals surface area contributed by atoms with Gasteiger partial charge in [-0.3, -0.25) is 4.79 Å². The summed E-state index contributed by atoms with van der Waals surface area (Å²) in [6.45, 7) is 0. The zero-order chi connectivity index (χ0) is 13.1. The number of hydrogen-bond donors (Lipinski definition) is 3. The van der Waals surface area contributed by atoms with Gasteiger partial charge in [0, 0.05) is 25.3 Å². The Morgan fingerprint density at radius 1 is 1.33 bits per heavy atom. The van der Waals surface area contributed by atoms with Crippen molar-refractivity contribution in [3.05, 3.63) is 29.8 Å². The van der Waals surface area contributed by atoms with Crippen molar-refractivity contribution in [3.63, 3.8) is 0 Å². The minimum Gasteiger partial charge on any atom is -0.368 e. The second kappa shape index (κ2) is 4.74. The molecule has 0 saturated heterocycles. The standard InChI is InChI=1S/C11H14N6O/c1-13-9(18)7-3-5-8(6-4-7)14-11-15-10(12)17(2)16-11/h3-6H,1-2H3,(H,13,18)(H3,12,14,15,16). The predicted molar refractivity (Wildman–Crippen MR) is 68.5 cm³/mol. The maximum atomic E-state index is 11.4. The number of nitrogens with zero attached hydrogens (tertiary/aromatic N) is 3. The predicted octanol–water partition coefficient (Wildman–Crippen LogP) is 0.500. The summed E-state index contributed by atoms with van der Waals surface area (Å²) in [5.41, 5.74) is 6.95. The van der Waals surface area contributed by atoms with Crippen LogP contribution in [0.1, 0.15) is 10.4 Å². The average Bonchev–Trinajstić information content (AvgIpc) is 2.68. The van der Waals surface area contributed by atoms with Crippen molar-refractivity contribution in [2.24, 2.45) is 7.05 Å². The lowest BCUT2D eigenvalue weighted by Gasteiger charge is -2.03. The van der Waals surface area contributed by atoms with Crippen molar-refractivity contribution in [2.75, 3.05) is 18.1 Å². The number of hydrogen-bond acceptors (Lipinski definition) is 5. The van der Waals surface area contributed by atoms with E-state index in [1.165, 1.54) is 4.68 Å². The molecule has 4 N–H and O–H groups in total. The highest BCUT2D eigenvalue weighted by atomic mass is 16.1. The smallest absolute Gasteiger partial charge is 0.251 e. The fourth-order valence-corrected chi connectivity index (χ4v) is 1.43. The van der Waals surface area contributed by atoms with Crippen LogP contribution >= 0.6 is 0 Å². The van der Waals surface area contributed by atoms with Crippen LogP contribution in [0.2, 0.25) is 0 Å². The number of carbonyl (C=O) groups excluding carboxylic acids is 1. The van der Waals surface area contributed by atoms with Gasteiger partial charge in [0.05, 0.1) is 0 Å². The third kappa shape index (κ3) is 2.40. The van der Waals surface area contributed by atoms with E-state index >= 15 is 0 Å². The second-order valence-corrected chi connectivity index (χ2v) is 3.70. The highest BCUT2D eigenvalue weighted by molar-refractivity contribution is 5.94. The minimum atomic E-state index is -0.123. The summed E-state index contributed by atoms with van der Waals surface area (Å²) >= 11 is 0. The molecule has 0 unspecified atom stereocenters. The number of amides is 1. The van der Waals surface area contributed by atoms with Crippen molar-refractivity contribution < 1.29 is 4.79 Å². The van der Waals surface area contributed by atoms with E-state index in [4.69, 9.17) is 5.73 Å². The summed E-state index contributed by atoms with van der Waals surface area (Å²) in [7, 11) is 3.30. The number of anilines is 3. The van der Waals surface area contributed by atoms with Crippen molar-refractivity contribution >= 4 is 23.5 Å². The summed E-state index contributed by atoms with van der Waals surface area (Å²) < 4.78 is 1.47. The first-order valence-electron chi connectivity index (χ1n) is 5.36. The normalized spacial score (nSPS) is 10.1. The zero-order valence-corrected chi connectivity index (χ0v) is 10.1. The lowest BCUT2D eigenvalue weighted by molar-refractivity contribution is 0.0963. The zero-order valence-electron chi connectivity index (χ0n) is 10.1. The number of nitrogens with two attached hydrogens (primary N) is 1. The van der Waals surface area contributed by atoms with Crippen LogP contribution in [-0.2, 0) is 7.05 Å². The number of carbonyl (C=O) groups is 1. The van der Waals surface area contributed by atoms with Gasteiger partial charge < -0.3 is 16.4 Å². The van der Waals surface area contributed by atoms with E-state index in [0.29, 0.717) is 17.5 Å².